The van der Waals surface area contributed by atoms with E-state index in [-0.39, 0.29) is 0 Å². The Hall–Kier alpha value is -1.11. The zero-order chi connectivity index (χ0) is 13.5. The molecule has 1 atom stereocenters. The molecule has 0 bridgehead atoms. The fourth-order valence-electron chi connectivity index (χ4n) is 3.59. The lowest BCUT2D eigenvalue weighted by atomic mass is 10.1. The van der Waals surface area contributed by atoms with Gasteiger partial charge < -0.3 is 10.2 Å². The molecule has 2 saturated heterocycles. The first-order valence-corrected chi connectivity index (χ1v) is 8.33. The molecule has 1 N–H and O–H groups in total. The van der Waals surface area contributed by atoms with E-state index in [4.69, 9.17) is 4.98 Å². The second-order valence-electron chi connectivity index (χ2n) is 5.75. The van der Waals surface area contributed by atoms with Gasteiger partial charge in [-0.3, -0.25) is 9.30 Å². The number of fused-ring (bicyclic) bond motifs is 2. The maximum Gasteiger partial charge on any atom is 0.195 e. The number of imidazole rings is 1. The minimum absolute atomic E-state index is 0.742. The van der Waals surface area contributed by atoms with Gasteiger partial charge in [0.25, 0.3) is 0 Å². The molecule has 2 aliphatic heterocycles. The van der Waals surface area contributed by atoms with Gasteiger partial charge in [-0.05, 0) is 26.4 Å². The SMILES string of the molecule is CNCc1c(N2CCN3CCCC3C2)nc2sccn12. The van der Waals surface area contributed by atoms with Crippen molar-refractivity contribution in [3.05, 3.63) is 17.3 Å². The molecule has 2 aliphatic rings. The number of rotatable bonds is 3. The van der Waals surface area contributed by atoms with Crippen molar-refractivity contribution in [1.82, 2.24) is 19.6 Å². The summed E-state index contributed by atoms with van der Waals surface area (Å²) in [5.41, 5.74) is 1.30. The standard InChI is InChI=1S/C14H21N5S/c1-15-9-12-13(16-14-19(12)7-8-20-14)18-6-5-17-4-2-3-11(17)10-18/h7-8,11,15H,2-6,9-10H2,1H3. The highest BCUT2D eigenvalue weighted by atomic mass is 32.1. The molecular formula is C14H21N5S. The molecule has 5 nitrogen and oxygen atoms in total. The van der Waals surface area contributed by atoms with Crippen molar-refractivity contribution in [1.29, 1.82) is 0 Å². The number of thiazole rings is 1. The van der Waals surface area contributed by atoms with Crippen molar-refractivity contribution in [2.45, 2.75) is 25.4 Å². The highest BCUT2D eigenvalue weighted by molar-refractivity contribution is 7.15. The van der Waals surface area contributed by atoms with Gasteiger partial charge in [0.2, 0.25) is 0 Å². The first-order chi connectivity index (χ1) is 9.86. The van der Waals surface area contributed by atoms with Crippen molar-refractivity contribution in [3.8, 4) is 0 Å². The van der Waals surface area contributed by atoms with Crippen molar-refractivity contribution in [3.63, 3.8) is 0 Å². The minimum Gasteiger partial charge on any atom is -0.352 e. The number of anilines is 1. The summed E-state index contributed by atoms with van der Waals surface area (Å²) < 4.78 is 2.23. The van der Waals surface area contributed by atoms with Crippen LogP contribution in [0.3, 0.4) is 0 Å². The molecule has 2 aromatic rings. The Bertz CT molecular complexity index is 604. The summed E-state index contributed by atoms with van der Waals surface area (Å²) in [6, 6.07) is 0.742. The Balaban J connectivity index is 1.67. The van der Waals surface area contributed by atoms with E-state index in [0.717, 1.165) is 30.6 Å². The van der Waals surface area contributed by atoms with Crippen molar-refractivity contribution < 1.29 is 0 Å². The second kappa shape index (κ2) is 5.02. The van der Waals surface area contributed by atoms with Crippen LogP contribution in [0.2, 0.25) is 0 Å². The van der Waals surface area contributed by atoms with E-state index in [9.17, 15) is 0 Å². The van der Waals surface area contributed by atoms with Crippen LogP contribution in [0.4, 0.5) is 5.82 Å². The third kappa shape index (κ3) is 1.94. The zero-order valence-corrected chi connectivity index (χ0v) is 12.7. The van der Waals surface area contributed by atoms with Gasteiger partial charge in [0.15, 0.2) is 10.8 Å². The molecule has 0 saturated carbocycles. The molecule has 1 unspecified atom stereocenters. The lowest BCUT2D eigenvalue weighted by molar-refractivity contribution is 0.230. The number of hydrogen-bond acceptors (Lipinski definition) is 5. The van der Waals surface area contributed by atoms with Gasteiger partial charge in [-0.1, -0.05) is 0 Å². The highest BCUT2D eigenvalue weighted by Gasteiger charge is 2.32. The van der Waals surface area contributed by atoms with Crippen LogP contribution in [0.25, 0.3) is 4.96 Å². The Morgan fingerprint density at radius 3 is 3.25 bits per heavy atom. The minimum atomic E-state index is 0.742. The summed E-state index contributed by atoms with van der Waals surface area (Å²) in [7, 11) is 2.00. The topological polar surface area (TPSA) is 35.8 Å². The number of hydrogen-bond donors (Lipinski definition) is 1. The normalized spacial score (nSPS) is 23.6. The van der Waals surface area contributed by atoms with E-state index in [1.54, 1.807) is 11.3 Å². The molecule has 0 radical (unpaired) electrons. The largest absolute Gasteiger partial charge is 0.352 e. The van der Waals surface area contributed by atoms with Gasteiger partial charge in [-0.2, -0.15) is 0 Å². The molecule has 2 fully saturated rings. The molecule has 108 valence electrons. The number of piperazine rings is 1. The Morgan fingerprint density at radius 1 is 1.40 bits per heavy atom. The summed E-state index contributed by atoms with van der Waals surface area (Å²) in [6.07, 6.45) is 4.84. The van der Waals surface area contributed by atoms with E-state index in [0.29, 0.717) is 0 Å². The average molecular weight is 291 g/mol. The first kappa shape index (κ1) is 12.6. The molecular weight excluding hydrogens is 270 g/mol. The van der Waals surface area contributed by atoms with Gasteiger partial charge in [0.1, 0.15) is 0 Å². The highest BCUT2D eigenvalue weighted by Crippen LogP contribution is 2.29. The van der Waals surface area contributed by atoms with Gasteiger partial charge in [-0.25, -0.2) is 4.98 Å². The van der Waals surface area contributed by atoms with Gasteiger partial charge >= 0.3 is 0 Å². The first-order valence-electron chi connectivity index (χ1n) is 7.45. The summed E-state index contributed by atoms with van der Waals surface area (Å²) in [4.78, 5) is 11.1. The fourth-order valence-corrected chi connectivity index (χ4v) is 4.32. The van der Waals surface area contributed by atoms with E-state index < -0.39 is 0 Å². The summed E-state index contributed by atoms with van der Waals surface area (Å²) in [5.74, 6) is 1.19. The lowest BCUT2D eigenvalue weighted by Gasteiger charge is -2.38. The van der Waals surface area contributed by atoms with Gasteiger partial charge in [-0.15, -0.1) is 11.3 Å². The van der Waals surface area contributed by atoms with Crippen LogP contribution in [0, 0.1) is 0 Å². The number of nitrogens with zero attached hydrogens (tertiary/aromatic N) is 4. The van der Waals surface area contributed by atoms with Crippen LogP contribution in [-0.2, 0) is 6.54 Å². The lowest BCUT2D eigenvalue weighted by Crippen LogP contribution is -2.50. The van der Waals surface area contributed by atoms with Crippen LogP contribution in [0.1, 0.15) is 18.5 Å². The van der Waals surface area contributed by atoms with E-state index in [2.05, 4.69) is 31.1 Å². The molecule has 6 heteroatoms. The van der Waals surface area contributed by atoms with Crippen molar-refractivity contribution >= 4 is 22.1 Å². The van der Waals surface area contributed by atoms with Crippen molar-refractivity contribution in [2.75, 3.05) is 38.1 Å². The average Bonchev–Trinajstić information content (AvgIpc) is 3.14. The van der Waals surface area contributed by atoms with Gasteiger partial charge in [0, 0.05) is 43.8 Å². The smallest absolute Gasteiger partial charge is 0.195 e. The maximum atomic E-state index is 4.88. The van der Waals surface area contributed by atoms with Crippen LogP contribution < -0.4 is 10.2 Å². The zero-order valence-electron chi connectivity index (χ0n) is 11.9. The van der Waals surface area contributed by atoms with Crippen LogP contribution in [0.15, 0.2) is 11.6 Å². The number of nitrogens with one attached hydrogen (secondary N) is 1. The third-order valence-electron chi connectivity index (χ3n) is 4.57. The van der Waals surface area contributed by atoms with Crippen LogP contribution in [0.5, 0.6) is 0 Å². The second-order valence-corrected chi connectivity index (χ2v) is 6.62. The Labute approximate surface area is 123 Å². The third-order valence-corrected chi connectivity index (χ3v) is 5.33. The van der Waals surface area contributed by atoms with E-state index in [1.807, 2.05) is 7.05 Å². The predicted octanol–water partition coefficient (Wildman–Crippen LogP) is 1.40. The summed E-state index contributed by atoms with van der Waals surface area (Å²) in [5, 5.41) is 5.40. The molecule has 4 rings (SSSR count). The van der Waals surface area contributed by atoms with E-state index >= 15 is 0 Å². The molecule has 2 aromatic heterocycles. The molecule has 20 heavy (non-hydrogen) atoms. The predicted molar refractivity (Wildman–Crippen MR) is 82.6 cm³/mol. The molecule has 0 spiro atoms. The maximum absolute atomic E-state index is 4.88. The van der Waals surface area contributed by atoms with Crippen LogP contribution in [-0.4, -0.2) is 53.6 Å². The van der Waals surface area contributed by atoms with Crippen LogP contribution >= 0.6 is 11.3 Å². The molecule has 0 aromatic carbocycles. The Morgan fingerprint density at radius 2 is 2.35 bits per heavy atom. The fraction of sp³-hybridized carbons (Fsp3) is 0.643. The Kier molecular flexibility index (Phi) is 3.17. The summed E-state index contributed by atoms with van der Waals surface area (Å²) >= 11 is 1.72. The quantitative estimate of drug-likeness (QED) is 0.927. The van der Waals surface area contributed by atoms with E-state index in [1.165, 1.54) is 37.4 Å². The van der Waals surface area contributed by atoms with Crippen molar-refractivity contribution in [2.24, 2.45) is 0 Å². The monoisotopic (exact) mass is 291 g/mol. The number of aromatic nitrogens is 2. The molecule has 0 amide bonds. The molecule has 0 aliphatic carbocycles. The summed E-state index contributed by atoms with van der Waals surface area (Å²) in [6.45, 7) is 5.60. The molecule has 4 heterocycles. The van der Waals surface area contributed by atoms with Gasteiger partial charge in [0.05, 0.1) is 5.69 Å².